The van der Waals surface area contributed by atoms with Gasteiger partial charge in [0.2, 0.25) is 0 Å². The molecule has 0 aliphatic carbocycles. The summed E-state index contributed by atoms with van der Waals surface area (Å²) in [5.41, 5.74) is 1.04. The monoisotopic (exact) mass is 291 g/mol. The van der Waals surface area contributed by atoms with E-state index < -0.39 is 0 Å². The maximum Gasteiger partial charge on any atom is 0.183 e. The summed E-state index contributed by atoms with van der Waals surface area (Å²) in [5, 5.41) is 4.52. The zero-order chi connectivity index (χ0) is 13.9. The van der Waals surface area contributed by atoms with E-state index in [4.69, 9.17) is 4.74 Å². The van der Waals surface area contributed by atoms with Crippen molar-refractivity contribution in [2.75, 3.05) is 39.1 Å². The Labute approximate surface area is 123 Å². The lowest BCUT2D eigenvalue weighted by Gasteiger charge is -2.29. The highest BCUT2D eigenvalue weighted by Gasteiger charge is 2.17. The van der Waals surface area contributed by atoms with Gasteiger partial charge in [0.15, 0.2) is 5.13 Å². The summed E-state index contributed by atoms with van der Waals surface area (Å²) in [6, 6.07) is 6.03. The van der Waals surface area contributed by atoms with Crippen LogP contribution >= 0.6 is 11.3 Å². The van der Waals surface area contributed by atoms with Crippen LogP contribution in [0.25, 0.3) is 10.2 Å². The van der Waals surface area contributed by atoms with E-state index in [1.165, 1.54) is 30.6 Å². The average Bonchev–Trinajstić information content (AvgIpc) is 2.87. The van der Waals surface area contributed by atoms with Crippen LogP contribution < -0.4 is 10.1 Å². The van der Waals surface area contributed by atoms with Crippen molar-refractivity contribution in [1.82, 2.24) is 9.88 Å². The molecule has 1 aliphatic heterocycles. The van der Waals surface area contributed by atoms with Gasteiger partial charge in [0.1, 0.15) is 5.75 Å². The van der Waals surface area contributed by atoms with E-state index in [0.29, 0.717) is 0 Å². The average molecular weight is 291 g/mol. The van der Waals surface area contributed by atoms with Crippen LogP contribution in [0.1, 0.15) is 12.8 Å². The molecule has 1 N–H and O–H groups in total. The molecule has 0 spiro atoms. The first-order valence-corrected chi connectivity index (χ1v) is 7.93. The number of ether oxygens (including phenoxy) is 1. The molecule has 2 heterocycles. The molecule has 4 nitrogen and oxygen atoms in total. The van der Waals surface area contributed by atoms with Gasteiger partial charge in [-0.2, -0.15) is 0 Å². The molecule has 1 atom stereocenters. The molecular formula is C15H21N3OS. The number of nitrogens with zero attached hydrogens (tertiary/aromatic N) is 2. The molecule has 1 aliphatic rings. The summed E-state index contributed by atoms with van der Waals surface area (Å²) < 4.78 is 6.43. The molecule has 1 saturated heterocycles. The number of anilines is 1. The van der Waals surface area contributed by atoms with Gasteiger partial charge in [0.05, 0.1) is 17.3 Å². The molecule has 2 aromatic rings. The van der Waals surface area contributed by atoms with Crippen LogP contribution in [-0.4, -0.2) is 43.7 Å². The van der Waals surface area contributed by atoms with Crippen LogP contribution in [0.2, 0.25) is 0 Å². The Kier molecular flexibility index (Phi) is 4.08. The van der Waals surface area contributed by atoms with E-state index in [-0.39, 0.29) is 0 Å². The fourth-order valence-corrected chi connectivity index (χ4v) is 3.68. The second-order valence-electron chi connectivity index (χ2n) is 5.50. The van der Waals surface area contributed by atoms with E-state index in [1.54, 1.807) is 18.4 Å². The summed E-state index contributed by atoms with van der Waals surface area (Å²) >= 11 is 1.70. The first-order chi connectivity index (χ1) is 9.74. The Balaban J connectivity index is 1.65. The summed E-state index contributed by atoms with van der Waals surface area (Å²) in [7, 11) is 3.90. The minimum atomic E-state index is 0.732. The molecule has 1 aromatic carbocycles. The smallest absolute Gasteiger partial charge is 0.183 e. The van der Waals surface area contributed by atoms with Gasteiger partial charge < -0.3 is 15.0 Å². The number of aromatic nitrogens is 1. The van der Waals surface area contributed by atoms with Crippen molar-refractivity contribution in [2.45, 2.75) is 12.8 Å². The highest BCUT2D eigenvalue weighted by atomic mass is 32.1. The number of thiazole rings is 1. The predicted octanol–water partition coefficient (Wildman–Crippen LogP) is 3.06. The van der Waals surface area contributed by atoms with E-state index in [9.17, 15) is 0 Å². The predicted molar refractivity (Wildman–Crippen MR) is 84.9 cm³/mol. The number of piperidine rings is 1. The summed E-state index contributed by atoms with van der Waals surface area (Å²) in [4.78, 5) is 7.05. The second kappa shape index (κ2) is 5.97. The Morgan fingerprint density at radius 2 is 2.40 bits per heavy atom. The zero-order valence-electron chi connectivity index (χ0n) is 12.1. The van der Waals surface area contributed by atoms with Gasteiger partial charge in [-0.05, 0) is 50.6 Å². The number of nitrogens with one attached hydrogen (secondary N) is 1. The van der Waals surface area contributed by atoms with Gasteiger partial charge >= 0.3 is 0 Å². The quantitative estimate of drug-likeness (QED) is 0.939. The Hall–Kier alpha value is -1.33. The molecule has 3 rings (SSSR count). The topological polar surface area (TPSA) is 37.4 Å². The second-order valence-corrected chi connectivity index (χ2v) is 6.53. The standard InChI is InChI=1S/C15H21N3OS/c1-18-7-3-4-11(10-18)9-16-15-17-13-6-5-12(19-2)8-14(13)20-15/h5-6,8,11H,3-4,7,9-10H2,1-2H3,(H,16,17). The first kappa shape index (κ1) is 13.6. The number of methoxy groups -OCH3 is 1. The maximum atomic E-state index is 5.25. The van der Waals surface area contributed by atoms with Crippen molar-refractivity contribution in [3.63, 3.8) is 0 Å². The van der Waals surface area contributed by atoms with Crippen molar-refractivity contribution in [2.24, 2.45) is 5.92 Å². The van der Waals surface area contributed by atoms with Crippen molar-refractivity contribution in [1.29, 1.82) is 0 Å². The molecule has 0 saturated carbocycles. The first-order valence-electron chi connectivity index (χ1n) is 7.11. The van der Waals surface area contributed by atoms with E-state index in [1.807, 2.05) is 18.2 Å². The molecule has 0 bridgehead atoms. The van der Waals surface area contributed by atoms with Crippen LogP contribution in [0.15, 0.2) is 18.2 Å². The molecule has 1 unspecified atom stereocenters. The van der Waals surface area contributed by atoms with E-state index in [0.717, 1.165) is 28.9 Å². The summed E-state index contributed by atoms with van der Waals surface area (Å²) in [6.07, 6.45) is 2.62. The van der Waals surface area contributed by atoms with E-state index in [2.05, 4.69) is 22.2 Å². The summed E-state index contributed by atoms with van der Waals surface area (Å²) in [6.45, 7) is 3.43. The van der Waals surface area contributed by atoms with Crippen LogP contribution in [0, 0.1) is 5.92 Å². The van der Waals surface area contributed by atoms with Crippen LogP contribution in [0.3, 0.4) is 0 Å². The van der Waals surface area contributed by atoms with Gasteiger partial charge in [-0.15, -0.1) is 0 Å². The lowest BCUT2D eigenvalue weighted by Crippen LogP contribution is -2.35. The third-order valence-electron chi connectivity index (χ3n) is 3.86. The number of benzene rings is 1. The van der Waals surface area contributed by atoms with Crippen LogP contribution in [-0.2, 0) is 0 Å². The van der Waals surface area contributed by atoms with Gasteiger partial charge in [0.25, 0.3) is 0 Å². The van der Waals surface area contributed by atoms with Crippen molar-refractivity contribution in [3.8, 4) is 5.75 Å². The molecule has 1 fully saturated rings. The zero-order valence-corrected chi connectivity index (χ0v) is 12.9. The van der Waals surface area contributed by atoms with Gasteiger partial charge in [0, 0.05) is 13.1 Å². The highest BCUT2D eigenvalue weighted by Crippen LogP contribution is 2.29. The van der Waals surface area contributed by atoms with E-state index >= 15 is 0 Å². The minimum Gasteiger partial charge on any atom is -0.497 e. The third-order valence-corrected chi connectivity index (χ3v) is 4.84. The molecule has 20 heavy (non-hydrogen) atoms. The Morgan fingerprint density at radius 3 is 3.20 bits per heavy atom. The molecular weight excluding hydrogens is 270 g/mol. The molecule has 108 valence electrons. The minimum absolute atomic E-state index is 0.732. The maximum absolute atomic E-state index is 5.25. The SMILES string of the molecule is COc1ccc2nc(NCC3CCCN(C)C3)sc2c1. The van der Waals surface area contributed by atoms with Crippen molar-refractivity contribution in [3.05, 3.63) is 18.2 Å². The molecule has 5 heteroatoms. The number of hydrogen-bond acceptors (Lipinski definition) is 5. The number of likely N-dealkylation sites (tertiary alicyclic amines) is 1. The number of fused-ring (bicyclic) bond motifs is 1. The fraction of sp³-hybridized carbons (Fsp3) is 0.533. The van der Waals surface area contributed by atoms with Gasteiger partial charge in [-0.25, -0.2) is 4.98 Å². The van der Waals surface area contributed by atoms with Gasteiger partial charge in [-0.3, -0.25) is 0 Å². The Bertz CT molecular complexity index is 584. The largest absolute Gasteiger partial charge is 0.497 e. The third kappa shape index (κ3) is 3.04. The van der Waals surface area contributed by atoms with Crippen molar-refractivity contribution >= 4 is 26.7 Å². The highest BCUT2D eigenvalue weighted by molar-refractivity contribution is 7.22. The fourth-order valence-electron chi connectivity index (χ4n) is 2.78. The number of hydrogen-bond donors (Lipinski definition) is 1. The van der Waals surface area contributed by atoms with Crippen molar-refractivity contribution < 1.29 is 4.74 Å². The number of rotatable bonds is 4. The molecule has 0 amide bonds. The van der Waals surface area contributed by atoms with Crippen LogP contribution in [0.5, 0.6) is 5.75 Å². The van der Waals surface area contributed by atoms with Gasteiger partial charge in [-0.1, -0.05) is 11.3 Å². The summed E-state index contributed by atoms with van der Waals surface area (Å²) in [5.74, 6) is 1.62. The normalized spacial score (nSPS) is 20.2. The molecule has 0 radical (unpaired) electrons. The van der Waals surface area contributed by atoms with Crippen LogP contribution in [0.4, 0.5) is 5.13 Å². The molecule has 1 aromatic heterocycles. The lowest BCUT2D eigenvalue weighted by atomic mass is 9.99. The Morgan fingerprint density at radius 1 is 1.50 bits per heavy atom. The lowest BCUT2D eigenvalue weighted by molar-refractivity contribution is 0.217.